The number of fused-ring (bicyclic) bond motifs is 1. The molecule has 0 radical (unpaired) electrons. The molecule has 0 bridgehead atoms. The highest BCUT2D eigenvalue weighted by molar-refractivity contribution is 6.35. The number of nitrogens with one attached hydrogen (secondary N) is 1. The molecule has 2 aromatic rings. The van der Waals surface area contributed by atoms with Gasteiger partial charge in [-0.25, -0.2) is 4.98 Å². The molecule has 7 heteroatoms. The number of benzene rings is 1. The Morgan fingerprint density at radius 2 is 2.23 bits per heavy atom. The van der Waals surface area contributed by atoms with Crippen LogP contribution in [0.5, 0.6) is 0 Å². The minimum absolute atomic E-state index is 0.0952. The Morgan fingerprint density at radius 1 is 1.38 bits per heavy atom. The lowest BCUT2D eigenvalue weighted by atomic mass is 10.1. The number of pyridine rings is 1. The van der Waals surface area contributed by atoms with Crippen molar-refractivity contribution in [2.75, 3.05) is 40.5 Å². The lowest BCUT2D eigenvalue weighted by Crippen LogP contribution is -2.50. The summed E-state index contributed by atoms with van der Waals surface area (Å²) < 4.78 is 11.4. The van der Waals surface area contributed by atoms with E-state index in [2.05, 4.69) is 15.2 Å². The predicted molar refractivity (Wildman–Crippen MR) is 102 cm³/mol. The first-order valence-corrected chi connectivity index (χ1v) is 9.12. The van der Waals surface area contributed by atoms with Crippen molar-refractivity contribution in [3.63, 3.8) is 0 Å². The minimum atomic E-state index is -0.222. The smallest absolute Gasteiger partial charge is 0.270 e. The van der Waals surface area contributed by atoms with Gasteiger partial charge in [-0.15, -0.1) is 0 Å². The van der Waals surface area contributed by atoms with Crippen LogP contribution >= 0.6 is 11.6 Å². The number of likely N-dealkylation sites (N-methyl/N-ethyl adjacent to an activating group) is 1. The number of para-hydroxylation sites is 1. The van der Waals surface area contributed by atoms with Crippen molar-refractivity contribution in [2.24, 2.45) is 0 Å². The third-order valence-electron chi connectivity index (χ3n) is 4.39. The van der Waals surface area contributed by atoms with Gasteiger partial charge in [0.2, 0.25) is 0 Å². The summed E-state index contributed by atoms with van der Waals surface area (Å²) in [5.41, 5.74) is 0.983. The van der Waals surface area contributed by atoms with Crippen LogP contribution in [0.4, 0.5) is 0 Å². The van der Waals surface area contributed by atoms with Gasteiger partial charge in [-0.2, -0.15) is 0 Å². The number of halogens is 1. The average molecular weight is 378 g/mol. The van der Waals surface area contributed by atoms with Crippen LogP contribution in [0.3, 0.4) is 0 Å². The Hall–Kier alpha value is -1.73. The van der Waals surface area contributed by atoms with Crippen LogP contribution in [0, 0.1) is 0 Å². The molecule has 1 fully saturated rings. The van der Waals surface area contributed by atoms with Crippen molar-refractivity contribution in [2.45, 2.75) is 18.6 Å². The third-order valence-corrected chi connectivity index (χ3v) is 4.70. The van der Waals surface area contributed by atoms with Crippen molar-refractivity contribution < 1.29 is 14.3 Å². The number of aromatic nitrogens is 1. The number of amides is 1. The van der Waals surface area contributed by atoms with Crippen molar-refractivity contribution >= 4 is 28.4 Å². The van der Waals surface area contributed by atoms with Gasteiger partial charge >= 0.3 is 0 Å². The van der Waals surface area contributed by atoms with E-state index in [-0.39, 0.29) is 18.1 Å². The van der Waals surface area contributed by atoms with Crippen LogP contribution in [-0.4, -0.2) is 68.4 Å². The number of ether oxygens (including phenoxy) is 2. The highest BCUT2D eigenvalue weighted by Crippen LogP contribution is 2.21. The van der Waals surface area contributed by atoms with E-state index >= 15 is 0 Å². The van der Waals surface area contributed by atoms with Crippen LogP contribution in [0.2, 0.25) is 5.02 Å². The lowest BCUT2D eigenvalue weighted by Gasteiger charge is -2.32. The Bertz CT molecular complexity index is 769. The summed E-state index contributed by atoms with van der Waals surface area (Å²) in [6, 6.07) is 9.04. The molecule has 0 saturated carbocycles. The Labute approximate surface area is 158 Å². The van der Waals surface area contributed by atoms with E-state index in [0.29, 0.717) is 42.5 Å². The van der Waals surface area contributed by atoms with Crippen molar-refractivity contribution in [1.82, 2.24) is 15.2 Å². The largest absolute Gasteiger partial charge is 0.379 e. The fourth-order valence-electron chi connectivity index (χ4n) is 2.91. The van der Waals surface area contributed by atoms with E-state index in [4.69, 9.17) is 21.1 Å². The number of hydrogen-bond donors (Lipinski definition) is 1. The summed E-state index contributed by atoms with van der Waals surface area (Å²) >= 11 is 6.20. The quantitative estimate of drug-likeness (QED) is 0.837. The summed E-state index contributed by atoms with van der Waals surface area (Å²) in [5.74, 6) is -0.222. The summed E-state index contributed by atoms with van der Waals surface area (Å²) in [4.78, 5) is 19.2. The van der Waals surface area contributed by atoms with E-state index < -0.39 is 0 Å². The first kappa shape index (κ1) is 19.0. The van der Waals surface area contributed by atoms with Gasteiger partial charge in [0.1, 0.15) is 11.8 Å². The lowest BCUT2D eigenvalue weighted by molar-refractivity contribution is -0.0691. The van der Waals surface area contributed by atoms with Gasteiger partial charge in [0.25, 0.3) is 5.91 Å². The Morgan fingerprint density at radius 3 is 3.04 bits per heavy atom. The molecule has 0 aliphatic carbocycles. The van der Waals surface area contributed by atoms with Crippen LogP contribution in [-0.2, 0) is 9.47 Å². The SMILES string of the molecule is CN(C)CCO[C@@H]1COCC[C@H]1NC(=O)c1ccc2cccc(Cl)c2n1. The molecule has 3 rings (SSSR count). The second-order valence-corrected chi connectivity index (χ2v) is 7.07. The molecular formula is C19H24ClN3O3. The Balaban J connectivity index is 1.68. The van der Waals surface area contributed by atoms with Gasteiger partial charge in [-0.05, 0) is 32.6 Å². The highest BCUT2D eigenvalue weighted by Gasteiger charge is 2.28. The summed E-state index contributed by atoms with van der Waals surface area (Å²) in [7, 11) is 3.99. The average Bonchev–Trinajstić information content (AvgIpc) is 2.63. The summed E-state index contributed by atoms with van der Waals surface area (Å²) in [6.07, 6.45) is 0.559. The molecule has 2 atom stereocenters. The topological polar surface area (TPSA) is 63.7 Å². The molecule has 26 heavy (non-hydrogen) atoms. The molecule has 140 valence electrons. The fraction of sp³-hybridized carbons (Fsp3) is 0.474. The predicted octanol–water partition coefficient (Wildman–Crippen LogP) is 2.35. The fourth-order valence-corrected chi connectivity index (χ4v) is 3.13. The zero-order chi connectivity index (χ0) is 18.5. The zero-order valence-corrected chi connectivity index (χ0v) is 15.8. The summed E-state index contributed by atoms with van der Waals surface area (Å²) in [6.45, 7) is 2.50. The number of carbonyl (C=O) groups excluding carboxylic acids is 1. The maximum atomic E-state index is 12.7. The molecular weight excluding hydrogens is 354 g/mol. The number of rotatable bonds is 6. The molecule has 0 unspecified atom stereocenters. The van der Waals surface area contributed by atoms with E-state index in [0.717, 1.165) is 11.9 Å². The van der Waals surface area contributed by atoms with Gasteiger partial charge in [0, 0.05) is 18.5 Å². The van der Waals surface area contributed by atoms with Crippen LogP contribution in [0.1, 0.15) is 16.9 Å². The molecule has 1 aliphatic rings. The van der Waals surface area contributed by atoms with Crippen molar-refractivity contribution in [1.29, 1.82) is 0 Å². The van der Waals surface area contributed by atoms with Gasteiger partial charge in [-0.3, -0.25) is 4.79 Å². The maximum absolute atomic E-state index is 12.7. The summed E-state index contributed by atoms with van der Waals surface area (Å²) in [5, 5.41) is 4.49. The van der Waals surface area contributed by atoms with Crippen molar-refractivity contribution in [3.8, 4) is 0 Å². The molecule has 1 aromatic carbocycles. The molecule has 2 heterocycles. The first-order chi connectivity index (χ1) is 12.5. The monoisotopic (exact) mass is 377 g/mol. The van der Waals surface area contributed by atoms with Gasteiger partial charge in [-0.1, -0.05) is 29.8 Å². The van der Waals surface area contributed by atoms with E-state index in [1.165, 1.54) is 0 Å². The van der Waals surface area contributed by atoms with Crippen LogP contribution < -0.4 is 5.32 Å². The Kier molecular flexibility index (Phi) is 6.43. The molecule has 0 spiro atoms. The second-order valence-electron chi connectivity index (χ2n) is 6.66. The van der Waals surface area contributed by atoms with E-state index in [9.17, 15) is 4.79 Å². The van der Waals surface area contributed by atoms with E-state index in [1.807, 2.05) is 32.3 Å². The highest BCUT2D eigenvalue weighted by atomic mass is 35.5. The third kappa shape index (κ3) is 4.71. The number of carbonyl (C=O) groups is 1. The molecule has 6 nitrogen and oxygen atoms in total. The van der Waals surface area contributed by atoms with E-state index in [1.54, 1.807) is 12.1 Å². The number of hydrogen-bond acceptors (Lipinski definition) is 5. The minimum Gasteiger partial charge on any atom is -0.379 e. The second kappa shape index (κ2) is 8.77. The normalized spacial score (nSPS) is 20.5. The van der Waals surface area contributed by atoms with Gasteiger partial charge in [0.15, 0.2) is 0 Å². The maximum Gasteiger partial charge on any atom is 0.270 e. The van der Waals surface area contributed by atoms with Crippen molar-refractivity contribution in [3.05, 3.63) is 41.0 Å². The van der Waals surface area contributed by atoms with Crippen LogP contribution in [0.25, 0.3) is 10.9 Å². The standard InChI is InChI=1S/C19H24ClN3O3/c1-23(2)9-11-26-17-12-25-10-8-15(17)22-19(24)16-7-6-13-4-3-5-14(20)18(13)21-16/h3-7,15,17H,8-12H2,1-2H3,(H,22,24)/t15-,17-/m1/s1. The molecule has 1 amide bonds. The number of nitrogens with zero attached hydrogens (tertiary/aromatic N) is 2. The molecule has 1 aromatic heterocycles. The molecule has 1 saturated heterocycles. The van der Waals surface area contributed by atoms with Gasteiger partial charge in [0.05, 0.1) is 29.8 Å². The molecule has 1 N–H and O–H groups in total. The van der Waals surface area contributed by atoms with Gasteiger partial charge < -0.3 is 19.7 Å². The van der Waals surface area contributed by atoms with Crippen LogP contribution in [0.15, 0.2) is 30.3 Å². The molecule has 1 aliphatic heterocycles. The zero-order valence-electron chi connectivity index (χ0n) is 15.1. The first-order valence-electron chi connectivity index (χ1n) is 8.75.